The van der Waals surface area contributed by atoms with E-state index in [0.29, 0.717) is 17.8 Å². The first-order valence-electron chi connectivity index (χ1n) is 8.54. The van der Waals surface area contributed by atoms with Crippen LogP contribution in [-0.2, 0) is 11.3 Å². The average molecular weight is 367 g/mol. The molecule has 0 radical (unpaired) electrons. The summed E-state index contributed by atoms with van der Waals surface area (Å²) in [5.41, 5.74) is 2.30. The molecule has 26 heavy (non-hydrogen) atoms. The van der Waals surface area contributed by atoms with E-state index in [2.05, 4.69) is 10.6 Å². The molecule has 0 bridgehead atoms. The number of amides is 2. The molecule has 1 saturated carbocycles. The number of nitrogens with one attached hydrogen (secondary N) is 2. The monoisotopic (exact) mass is 367 g/mol. The molecule has 2 aromatic rings. The molecular weight excluding hydrogens is 346 g/mol. The minimum absolute atomic E-state index is 0.0441. The molecule has 0 aromatic heterocycles. The number of carbonyl (C=O) groups is 2. The second-order valence-electron chi connectivity index (χ2n) is 6.45. The Morgan fingerprint density at radius 1 is 1.12 bits per heavy atom. The van der Waals surface area contributed by atoms with Crippen LogP contribution in [0.15, 0.2) is 54.6 Å². The Hall–Kier alpha value is -2.73. The summed E-state index contributed by atoms with van der Waals surface area (Å²) in [7, 11) is 1.77. The maximum Gasteiger partial charge on any atom is 0.253 e. The number of benzene rings is 2. The zero-order valence-electron chi connectivity index (χ0n) is 14.6. The zero-order chi connectivity index (χ0) is 18.5. The fourth-order valence-corrected chi connectivity index (χ4v) is 2.82. The molecule has 1 fully saturated rings. The van der Waals surface area contributed by atoms with Gasteiger partial charge in [-0.05, 0) is 48.8 Å². The van der Waals surface area contributed by atoms with Crippen LogP contribution in [-0.4, -0.2) is 28.9 Å². The number of hydrogen-bond acceptors (Lipinski definition) is 3. The normalized spacial score (nSPS) is 13.0. The van der Waals surface area contributed by atoms with Gasteiger partial charge >= 0.3 is 0 Å². The molecule has 0 heterocycles. The third-order valence-electron chi connectivity index (χ3n) is 4.16. The molecule has 0 spiro atoms. The van der Waals surface area contributed by atoms with Gasteiger partial charge in [0.2, 0.25) is 5.91 Å². The van der Waals surface area contributed by atoms with Gasteiger partial charge in [-0.2, -0.15) is 0 Å². The van der Waals surface area contributed by atoms with E-state index in [-0.39, 0.29) is 22.8 Å². The zero-order valence-corrected chi connectivity index (χ0v) is 15.4. The predicted molar refractivity (Wildman–Crippen MR) is 106 cm³/mol. The van der Waals surface area contributed by atoms with Crippen LogP contribution in [0, 0.1) is 5.92 Å². The minimum atomic E-state index is -0.0783. The molecule has 0 aliphatic heterocycles. The SMILES string of the molecule is CN(Cc1ccccc1)C(=O)c1cccc(NC(=S)NC(=O)C2CC2)c1. The Bertz CT molecular complexity index is 819. The Kier molecular flexibility index (Phi) is 5.63. The molecule has 134 valence electrons. The molecule has 0 atom stereocenters. The van der Waals surface area contributed by atoms with Gasteiger partial charge in [0, 0.05) is 30.8 Å². The highest BCUT2D eigenvalue weighted by molar-refractivity contribution is 7.80. The summed E-state index contributed by atoms with van der Waals surface area (Å²) in [6.45, 7) is 0.535. The van der Waals surface area contributed by atoms with E-state index < -0.39 is 0 Å². The molecule has 0 saturated heterocycles. The fourth-order valence-electron chi connectivity index (χ4n) is 2.60. The Morgan fingerprint density at radius 2 is 1.85 bits per heavy atom. The minimum Gasteiger partial charge on any atom is -0.337 e. The molecule has 2 aromatic carbocycles. The van der Waals surface area contributed by atoms with Gasteiger partial charge in [0.05, 0.1) is 0 Å². The summed E-state index contributed by atoms with van der Waals surface area (Å²) in [5, 5.41) is 5.90. The van der Waals surface area contributed by atoms with Crippen molar-refractivity contribution in [2.75, 3.05) is 12.4 Å². The van der Waals surface area contributed by atoms with Crippen LogP contribution in [0.3, 0.4) is 0 Å². The van der Waals surface area contributed by atoms with E-state index in [9.17, 15) is 9.59 Å². The van der Waals surface area contributed by atoms with Crippen LogP contribution in [0.2, 0.25) is 0 Å². The highest BCUT2D eigenvalue weighted by atomic mass is 32.1. The van der Waals surface area contributed by atoms with E-state index in [1.54, 1.807) is 30.1 Å². The van der Waals surface area contributed by atoms with Crippen molar-refractivity contribution in [2.24, 2.45) is 5.92 Å². The smallest absolute Gasteiger partial charge is 0.253 e. The summed E-state index contributed by atoms with van der Waals surface area (Å²) in [6.07, 6.45) is 1.85. The van der Waals surface area contributed by atoms with Crippen molar-refractivity contribution in [1.82, 2.24) is 10.2 Å². The highest BCUT2D eigenvalue weighted by Gasteiger charge is 2.30. The van der Waals surface area contributed by atoms with Crippen molar-refractivity contribution >= 4 is 34.8 Å². The Morgan fingerprint density at radius 3 is 2.54 bits per heavy atom. The van der Waals surface area contributed by atoms with E-state index in [0.717, 1.165) is 18.4 Å². The summed E-state index contributed by atoms with van der Waals surface area (Å²) in [6, 6.07) is 16.9. The number of thiocarbonyl (C=S) groups is 1. The van der Waals surface area contributed by atoms with Crippen molar-refractivity contribution < 1.29 is 9.59 Å². The van der Waals surface area contributed by atoms with Crippen LogP contribution in [0.5, 0.6) is 0 Å². The van der Waals surface area contributed by atoms with E-state index >= 15 is 0 Å². The lowest BCUT2D eigenvalue weighted by Gasteiger charge is -2.18. The molecule has 2 N–H and O–H groups in total. The second kappa shape index (κ2) is 8.10. The van der Waals surface area contributed by atoms with Crippen LogP contribution < -0.4 is 10.6 Å². The van der Waals surface area contributed by atoms with Gasteiger partial charge in [0.15, 0.2) is 5.11 Å². The largest absolute Gasteiger partial charge is 0.337 e. The highest BCUT2D eigenvalue weighted by Crippen LogP contribution is 2.28. The molecule has 1 aliphatic carbocycles. The molecule has 0 unspecified atom stereocenters. The van der Waals surface area contributed by atoms with Crippen molar-refractivity contribution in [3.8, 4) is 0 Å². The van der Waals surface area contributed by atoms with Gasteiger partial charge in [-0.15, -0.1) is 0 Å². The molecule has 2 amide bonds. The average Bonchev–Trinajstić information content (AvgIpc) is 3.47. The number of hydrogen-bond donors (Lipinski definition) is 2. The lowest BCUT2D eigenvalue weighted by atomic mass is 10.1. The Labute approximate surface area is 158 Å². The van der Waals surface area contributed by atoms with Gasteiger partial charge in [-0.1, -0.05) is 36.4 Å². The first kappa shape index (κ1) is 18.1. The van der Waals surface area contributed by atoms with Gasteiger partial charge in [-0.25, -0.2) is 0 Å². The maximum absolute atomic E-state index is 12.7. The quantitative estimate of drug-likeness (QED) is 0.797. The topological polar surface area (TPSA) is 61.4 Å². The number of carbonyl (C=O) groups excluding carboxylic acids is 2. The molecule has 6 heteroatoms. The van der Waals surface area contributed by atoms with E-state index in [4.69, 9.17) is 12.2 Å². The number of rotatable bonds is 5. The molecule has 3 rings (SSSR count). The molecule has 1 aliphatic rings. The fraction of sp³-hybridized carbons (Fsp3) is 0.250. The first-order chi connectivity index (χ1) is 12.5. The predicted octanol–water partition coefficient (Wildman–Crippen LogP) is 3.18. The molecular formula is C20H21N3O2S. The van der Waals surface area contributed by atoms with Crippen LogP contribution in [0.1, 0.15) is 28.8 Å². The number of anilines is 1. The lowest BCUT2D eigenvalue weighted by Crippen LogP contribution is -2.35. The third-order valence-corrected chi connectivity index (χ3v) is 4.37. The summed E-state index contributed by atoms with van der Waals surface area (Å²) >= 11 is 5.17. The van der Waals surface area contributed by atoms with Crippen molar-refractivity contribution in [3.63, 3.8) is 0 Å². The summed E-state index contributed by atoms with van der Waals surface area (Å²) in [4.78, 5) is 26.1. The van der Waals surface area contributed by atoms with Crippen molar-refractivity contribution in [1.29, 1.82) is 0 Å². The lowest BCUT2D eigenvalue weighted by molar-refractivity contribution is -0.120. The van der Waals surface area contributed by atoms with Crippen molar-refractivity contribution in [2.45, 2.75) is 19.4 Å². The Balaban J connectivity index is 1.61. The van der Waals surface area contributed by atoms with Crippen molar-refractivity contribution in [3.05, 3.63) is 65.7 Å². The van der Waals surface area contributed by atoms with Gasteiger partial charge in [0.25, 0.3) is 5.91 Å². The van der Waals surface area contributed by atoms with Gasteiger partial charge in [-0.3, -0.25) is 9.59 Å². The summed E-state index contributed by atoms with van der Waals surface area (Å²) in [5.74, 6) is -0.0305. The third kappa shape index (κ3) is 4.89. The van der Waals surface area contributed by atoms with Crippen LogP contribution in [0.4, 0.5) is 5.69 Å². The van der Waals surface area contributed by atoms with Gasteiger partial charge < -0.3 is 15.5 Å². The van der Waals surface area contributed by atoms with Gasteiger partial charge in [0.1, 0.15) is 0 Å². The summed E-state index contributed by atoms with van der Waals surface area (Å²) < 4.78 is 0. The van der Waals surface area contributed by atoms with E-state index in [1.807, 2.05) is 36.4 Å². The molecule has 5 nitrogen and oxygen atoms in total. The first-order valence-corrected chi connectivity index (χ1v) is 8.95. The standard InChI is InChI=1S/C20H21N3O2S/c1-23(13-14-6-3-2-4-7-14)19(25)16-8-5-9-17(12-16)21-20(26)22-18(24)15-10-11-15/h2-9,12,15H,10-11,13H2,1H3,(H2,21,22,24,26). The van der Waals surface area contributed by atoms with E-state index in [1.165, 1.54) is 0 Å². The van der Waals surface area contributed by atoms with Crippen LogP contribution >= 0.6 is 12.2 Å². The maximum atomic E-state index is 12.7. The second-order valence-corrected chi connectivity index (χ2v) is 6.85. The van der Waals surface area contributed by atoms with Crippen LogP contribution in [0.25, 0.3) is 0 Å². The number of nitrogens with zero attached hydrogens (tertiary/aromatic N) is 1.